The molecule has 2 heterocycles. The Hall–Kier alpha value is -2.18. The molecule has 0 unspecified atom stereocenters. The van der Waals surface area contributed by atoms with Gasteiger partial charge >= 0.3 is 0 Å². The summed E-state index contributed by atoms with van der Waals surface area (Å²) in [7, 11) is 2.11. The summed E-state index contributed by atoms with van der Waals surface area (Å²) in [5, 5.41) is 2.63. The van der Waals surface area contributed by atoms with Crippen LogP contribution in [0.4, 0.5) is 10.2 Å². The number of halogens is 2. The predicted molar refractivity (Wildman–Crippen MR) is 96.5 cm³/mol. The van der Waals surface area contributed by atoms with Crippen molar-refractivity contribution in [3.05, 3.63) is 58.5 Å². The van der Waals surface area contributed by atoms with E-state index in [0.717, 1.165) is 37.6 Å². The van der Waals surface area contributed by atoms with Crippen molar-refractivity contribution in [1.29, 1.82) is 0 Å². The maximum absolute atomic E-state index is 13.9. The van der Waals surface area contributed by atoms with Crippen LogP contribution in [-0.2, 0) is 6.54 Å². The van der Waals surface area contributed by atoms with E-state index in [9.17, 15) is 9.18 Å². The zero-order valence-corrected chi connectivity index (χ0v) is 14.8. The highest BCUT2D eigenvalue weighted by Crippen LogP contribution is 2.18. The summed E-state index contributed by atoms with van der Waals surface area (Å²) in [5.74, 6) is -0.266. The molecule has 1 aromatic heterocycles. The molecule has 1 N–H and O–H groups in total. The zero-order chi connectivity index (χ0) is 17.8. The van der Waals surface area contributed by atoms with Crippen LogP contribution in [-0.4, -0.2) is 49.0 Å². The molecule has 5 nitrogen and oxygen atoms in total. The highest BCUT2D eigenvalue weighted by Gasteiger charge is 2.16. The van der Waals surface area contributed by atoms with E-state index in [-0.39, 0.29) is 17.1 Å². The zero-order valence-electron chi connectivity index (χ0n) is 14.0. The maximum atomic E-state index is 13.9. The summed E-state index contributed by atoms with van der Waals surface area (Å²) in [5.41, 5.74) is 0.795. The molecule has 0 atom stereocenters. The number of pyridine rings is 1. The van der Waals surface area contributed by atoms with Crippen molar-refractivity contribution in [3.8, 4) is 0 Å². The van der Waals surface area contributed by atoms with Gasteiger partial charge in [-0.05, 0) is 30.8 Å². The quantitative estimate of drug-likeness (QED) is 0.908. The molecule has 0 aliphatic carbocycles. The normalized spacial score (nSPS) is 15.2. The minimum atomic E-state index is -0.704. The predicted octanol–water partition coefficient (Wildman–Crippen LogP) is 2.56. The van der Waals surface area contributed by atoms with Crippen LogP contribution in [0.1, 0.15) is 15.9 Å². The lowest BCUT2D eigenvalue weighted by Crippen LogP contribution is -2.44. The Balaban J connectivity index is 1.58. The molecule has 1 aliphatic rings. The molecule has 1 aliphatic heterocycles. The molecule has 0 spiro atoms. The molecule has 0 bridgehead atoms. The smallest absolute Gasteiger partial charge is 0.254 e. The SMILES string of the molecule is CN1CCN(c2ccc(CNC(=O)c3cccc(Cl)c3F)cn2)CC1. The van der Waals surface area contributed by atoms with E-state index >= 15 is 0 Å². The van der Waals surface area contributed by atoms with Gasteiger partial charge in [0.1, 0.15) is 5.82 Å². The molecule has 0 radical (unpaired) electrons. The van der Waals surface area contributed by atoms with E-state index in [1.807, 2.05) is 12.1 Å². The number of piperazine rings is 1. The van der Waals surface area contributed by atoms with Crippen LogP contribution in [0.25, 0.3) is 0 Å². The Morgan fingerprint density at radius 3 is 2.68 bits per heavy atom. The van der Waals surface area contributed by atoms with E-state index in [2.05, 4.69) is 27.1 Å². The molecule has 2 aromatic rings. The summed E-state index contributed by atoms with van der Waals surface area (Å²) in [6, 6.07) is 8.24. The Morgan fingerprint density at radius 1 is 1.24 bits per heavy atom. The minimum Gasteiger partial charge on any atom is -0.354 e. The molecule has 25 heavy (non-hydrogen) atoms. The van der Waals surface area contributed by atoms with Gasteiger partial charge in [-0.15, -0.1) is 0 Å². The first-order chi connectivity index (χ1) is 12.0. The lowest BCUT2D eigenvalue weighted by molar-refractivity contribution is 0.0947. The van der Waals surface area contributed by atoms with Gasteiger partial charge in [-0.25, -0.2) is 9.37 Å². The second-order valence-electron chi connectivity index (χ2n) is 6.10. The third kappa shape index (κ3) is 4.27. The molecule has 3 rings (SSSR count). The molecule has 132 valence electrons. The van der Waals surface area contributed by atoms with E-state index in [1.165, 1.54) is 12.1 Å². The fourth-order valence-corrected chi connectivity index (χ4v) is 2.88. The topological polar surface area (TPSA) is 48.5 Å². The maximum Gasteiger partial charge on any atom is 0.254 e. The number of amides is 1. The first-order valence-electron chi connectivity index (χ1n) is 8.15. The number of carbonyl (C=O) groups excluding carboxylic acids is 1. The lowest BCUT2D eigenvalue weighted by atomic mass is 10.2. The fourth-order valence-electron chi connectivity index (χ4n) is 2.70. The van der Waals surface area contributed by atoms with Gasteiger partial charge in [0.25, 0.3) is 5.91 Å². The van der Waals surface area contributed by atoms with Crippen molar-refractivity contribution < 1.29 is 9.18 Å². The number of benzene rings is 1. The summed E-state index contributed by atoms with van der Waals surface area (Å²) in [6.45, 7) is 4.22. The monoisotopic (exact) mass is 362 g/mol. The second kappa shape index (κ2) is 7.80. The van der Waals surface area contributed by atoms with Crippen LogP contribution in [0.2, 0.25) is 5.02 Å². The summed E-state index contributed by atoms with van der Waals surface area (Å²) >= 11 is 5.70. The summed E-state index contributed by atoms with van der Waals surface area (Å²) < 4.78 is 13.9. The van der Waals surface area contributed by atoms with Gasteiger partial charge in [-0.1, -0.05) is 23.7 Å². The number of aromatic nitrogens is 1. The number of hydrogen-bond donors (Lipinski definition) is 1. The molecular weight excluding hydrogens is 343 g/mol. The largest absolute Gasteiger partial charge is 0.354 e. The fraction of sp³-hybridized carbons (Fsp3) is 0.333. The Kier molecular flexibility index (Phi) is 5.50. The van der Waals surface area contributed by atoms with E-state index in [1.54, 1.807) is 12.3 Å². The third-order valence-corrected chi connectivity index (χ3v) is 4.58. The van der Waals surface area contributed by atoms with Crippen LogP contribution in [0.5, 0.6) is 0 Å². The van der Waals surface area contributed by atoms with Gasteiger partial charge in [0, 0.05) is 38.9 Å². The van der Waals surface area contributed by atoms with Crippen LogP contribution < -0.4 is 10.2 Å². The Labute approximate surface area is 151 Å². The number of nitrogens with zero attached hydrogens (tertiary/aromatic N) is 3. The van der Waals surface area contributed by atoms with Crippen LogP contribution in [0, 0.1) is 5.82 Å². The first-order valence-corrected chi connectivity index (χ1v) is 8.53. The average Bonchev–Trinajstić information content (AvgIpc) is 2.63. The molecular formula is C18H20ClFN4O. The average molecular weight is 363 g/mol. The molecule has 1 aromatic carbocycles. The Bertz CT molecular complexity index is 745. The van der Waals surface area contributed by atoms with Gasteiger partial charge in [0.2, 0.25) is 0 Å². The molecule has 0 saturated carbocycles. The van der Waals surface area contributed by atoms with Gasteiger partial charge in [0.05, 0.1) is 10.6 Å². The van der Waals surface area contributed by atoms with Gasteiger partial charge in [-0.3, -0.25) is 4.79 Å². The third-order valence-electron chi connectivity index (χ3n) is 4.29. The number of carbonyl (C=O) groups is 1. The highest BCUT2D eigenvalue weighted by atomic mass is 35.5. The number of hydrogen-bond acceptors (Lipinski definition) is 4. The number of rotatable bonds is 4. The van der Waals surface area contributed by atoms with Crippen molar-refractivity contribution in [1.82, 2.24) is 15.2 Å². The van der Waals surface area contributed by atoms with Gasteiger partial charge < -0.3 is 15.1 Å². The standard InChI is InChI=1S/C18H20ClFN4O/c1-23-7-9-24(10-8-23)16-6-5-13(11-21-16)12-22-18(25)14-3-2-4-15(19)17(14)20/h2-6,11H,7-10,12H2,1H3,(H,22,25). The molecule has 1 amide bonds. The van der Waals surface area contributed by atoms with Crippen molar-refractivity contribution in [3.63, 3.8) is 0 Å². The van der Waals surface area contributed by atoms with E-state index < -0.39 is 11.7 Å². The van der Waals surface area contributed by atoms with Crippen LogP contribution in [0.15, 0.2) is 36.5 Å². The van der Waals surface area contributed by atoms with E-state index in [4.69, 9.17) is 11.6 Å². The van der Waals surface area contributed by atoms with E-state index in [0.29, 0.717) is 0 Å². The number of nitrogens with one attached hydrogen (secondary N) is 1. The first kappa shape index (κ1) is 17.6. The van der Waals surface area contributed by atoms with Gasteiger partial charge in [-0.2, -0.15) is 0 Å². The summed E-state index contributed by atoms with van der Waals surface area (Å²) in [4.78, 5) is 21.1. The van der Waals surface area contributed by atoms with Crippen molar-refractivity contribution >= 4 is 23.3 Å². The van der Waals surface area contributed by atoms with Crippen molar-refractivity contribution in [2.24, 2.45) is 0 Å². The summed E-state index contributed by atoms with van der Waals surface area (Å²) in [6.07, 6.45) is 1.74. The van der Waals surface area contributed by atoms with Crippen LogP contribution >= 0.6 is 11.6 Å². The van der Waals surface area contributed by atoms with Crippen molar-refractivity contribution in [2.45, 2.75) is 6.54 Å². The van der Waals surface area contributed by atoms with Crippen molar-refractivity contribution in [2.75, 3.05) is 38.1 Å². The Morgan fingerprint density at radius 2 is 2.00 bits per heavy atom. The molecule has 1 saturated heterocycles. The highest BCUT2D eigenvalue weighted by molar-refractivity contribution is 6.31. The minimum absolute atomic E-state index is 0.0606. The second-order valence-corrected chi connectivity index (χ2v) is 6.51. The number of likely N-dealkylation sites (N-methyl/N-ethyl adjacent to an activating group) is 1. The van der Waals surface area contributed by atoms with Gasteiger partial charge in [0.15, 0.2) is 5.82 Å². The lowest BCUT2D eigenvalue weighted by Gasteiger charge is -2.33. The molecule has 1 fully saturated rings. The molecule has 7 heteroatoms. The van der Waals surface area contributed by atoms with Crippen LogP contribution in [0.3, 0.4) is 0 Å². The number of anilines is 1.